The molecule has 3 rings (SSSR count). The third-order valence-corrected chi connectivity index (χ3v) is 3.17. The van der Waals surface area contributed by atoms with Gasteiger partial charge in [0.25, 0.3) is 0 Å². The monoisotopic (exact) mass is 273 g/mol. The lowest BCUT2D eigenvalue weighted by atomic mass is 10.2. The number of imidazole rings is 1. The van der Waals surface area contributed by atoms with E-state index in [2.05, 4.69) is 9.97 Å². The standard InChI is InChI=1S/C14H12ClN3O/c15-11-2-4-12-10(9-11)1-3-13(17-12)14-16-5-6-18(14)7-8-19/h1-6,9,19H,7-8H2. The number of pyridine rings is 1. The van der Waals surface area contributed by atoms with Gasteiger partial charge in [0.2, 0.25) is 0 Å². The molecule has 1 N–H and O–H groups in total. The van der Waals surface area contributed by atoms with Gasteiger partial charge in [0.05, 0.1) is 12.1 Å². The Labute approximate surface area is 115 Å². The van der Waals surface area contributed by atoms with Crippen molar-refractivity contribution in [2.75, 3.05) is 6.61 Å². The fraction of sp³-hybridized carbons (Fsp3) is 0.143. The molecule has 0 aliphatic carbocycles. The SMILES string of the molecule is OCCn1ccnc1-c1ccc2cc(Cl)ccc2n1. The maximum atomic E-state index is 9.03. The lowest BCUT2D eigenvalue weighted by molar-refractivity contribution is 0.276. The number of aromatic nitrogens is 3. The van der Waals surface area contributed by atoms with E-state index in [4.69, 9.17) is 16.7 Å². The summed E-state index contributed by atoms with van der Waals surface area (Å²) in [5.74, 6) is 0.755. The van der Waals surface area contributed by atoms with Gasteiger partial charge in [-0.25, -0.2) is 9.97 Å². The van der Waals surface area contributed by atoms with Gasteiger partial charge in [0.15, 0.2) is 5.82 Å². The van der Waals surface area contributed by atoms with Crippen LogP contribution in [0.3, 0.4) is 0 Å². The van der Waals surface area contributed by atoms with E-state index in [-0.39, 0.29) is 6.61 Å². The van der Waals surface area contributed by atoms with Crippen molar-refractivity contribution in [2.24, 2.45) is 0 Å². The van der Waals surface area contributed by atoms with Crippen LogP contribution in [0.4, 0.5) is 0 Å². The van der Waals surface area contributed by atoms with Crippen LogP contribution in [0.2, 0.25) is 5.02 Å². The zero-order valence-corrected chi connectivity index (χ0v) is 10.9. The number of hydrogen-bond acceptors (Lipinski definition) is 3. The molecule has 0 saturated heterocycles. The van der Waals surface area contributed by atoms with E-state index in [0.717, 1.165) is 22.4 Å². The topological polar surface area (TPSA) is 50.9 Å². The Morgan fingerprint density at radius 3 is 2.95 bits per heavy atom. The summed E-state index contributed by atoms with van der Waals surface area (Å²) in [6, 6.07) is 9.48. The van der Waals surface area contributed by atoms with E-state index in [0.29, 0.717) is 11.6 Å². The average molecular weight is 274 g/mol. The van der Waals surface area contributed by atoms with Crippen molar-refractivity contribution in [1.82, 2.24) is 14.5 Å². The van der Waals surface area contributed by atoms with Gasteiger partial charge in [0, 0.05) is 29.3 Å². The second kappa shape index (κ2) is 4.99. The van der Waals surface area contributed by atoms with Crippen LogP contribution in [0, 0.1) is 0 Å². The molecule has 0 aliphatic rings. The third-order valence-electron chi connectivity index (χ3n) is 2.94. The fourth-order valence-corrected chi connectivity index (χ4v) is 2.23. The molecule has 19 heavy (non-hydrogen) atoms. The lowest BCUT2D eigenvalue weighted by Gasteiger charge is -2.06. The van der Waals surface area contributed by atoms with Crippen LogP contribution >= 0.6 is 11.6 Å². The first-order valence-electron chi connectivity index (χ1n) is 5.96. The summed E-state index contributed by atoms with van der Waals surface area (Å²) in [6.45, 7) is 0.586. The predicted octanol–water partition coefficient (Wildman–Crippen LogP) is 2.74. The Bertz CT molecular complexity index is 724. The highest BCUT2D eigenvalue weighted by molar-refractivity contribution is 6.31. The summed E-state index contributed by atoms with van der Waals surface area (Å²) >= 11 is 5.95. The van der Waals surface area contributed by atoms with Gasteiger partial charge in [-0.1, -0.05) is 17.7 Å². The van der Waals surface area contributed by atoms with Crippen LogP contribution in [-0.4, -0.2) is 26.2 Å². The van der Waals surface area contributed by atoms with E-state index >= 15 is 0 Å². The molecular formula is C14H12ClN3O. The lowest BCUT2D eigenvalue weighted by Crippen LogP contribution is -2.03. The van der Waals surface area contributed by atoms with Gasteiger partial charge in [-0.15, -0.1) is 0 Å². The number of halogens is 1. The number of nitrogens with zero attached hydrogens (tertiary/aromatic N) is 3. The minimum atomic E-state index is 0.0759. The molecule has 0 saturated carbocycles. The first-order chi connectivity index (χ1) is 9.28. The van der Waals surface area contributed by atoms with Crippen molar-refractivity contribution in [3.8, 4) is 11.5 Å². The number of benzene rings is 1. The minimum absolute atomic E-state index is 0.0759. The Morgan fingerprint density at radius 1 is 1.21 bits per heavy atom. The first-order valence-corrected chi connectivity index (χ1v) is 6.34. The van der Waals surface area contributed by atoms with Crippen molar-refractivity contribution in [3.63, 3.8) is 0 Å². The highest BCUT2D eigenvalue weighted by Crippen LogP contribution is 2.22. The molecule has 0 amide bonds. The molecule has 96 valence electrons. The van der Waals surface area contributed by atoms with Crippen molar-refractivity contribution in [2.45, 2.75) is 6.54 Å². The van der Waals surface area contributed by atoms with Crippen LogP contribution in [0.5, 0.6) is 0 Å². The molecule has 3 aromatic rings. The summed E-state index contributed by atoms with van der Waals surface area (Å²) in [7, 11) is 0. The maximum Gasteiger partial charge on any atom is 0.158 e. The number of rotatable bonds is 3. The summed E-state index contributed by atoms with van der Waals surface area (Å²) in [5, 5.41) is 10.7. The molecule has 0 radical (unpaired) electrons. The Kier molecular flexibility index (Phi) is 3.19. The van der Waals surface area contributed by atoms with Crippen LogP contribution < -0.4 is 0 Å². The summed E-state index contributed by atoms with van der Waals surface area (Å²) in [5.41, 5.74) is 1.66. The normalized spacial score (nSPS) is 11.1. The molecule has 0 spiro atoms. The summed E-state index contributed by atoms with van der Waals surface area (Å²) < 4.78 is 1.88. The van der Waals surface area contributed by atoms with E-state index in [1.54, 1.807) is 6.20 Å². The molecule has 0 bridgehead atoms. The van der Waals surface area contributed by atoms with E-state index in [1.165, 1.54) is 0 Å². The van der Waals surface area contributed by atoms with Crippen molar-refractivity contribution in [1.29, 1.82) is 0 Å². The number of aliphatic hydroxyl groups is 1. The number of aliphatic hydroxyl groups excluding tert-OH is 1. The van der Waals surface area contributed by atoms with E-state index < -0.39 is 0 Å². The molecule has 2 heterocycles. The van der Waals surface area contributed by atoms with E-state index in [9.17, 15) is 0 Å². The molecule has 0 fully saturated rings. The molecule has 0 unspecified atom stereocenters. The van der Waals surface area contributed by atoms with Crippen LogP contribution in [0.25, 0.3) is 22.4 Å². The van der Waals surface area contributed by atoms with Gasteiger partial charge in [-0.05, 0) is 24.3 Å². The second-order valence-electron chi connectivity index (χ2n) is 4.20. The smallest absolute Gasteiger partial charge is 0.158 e. The van der Waals surface area contributed by atoms with Crippen LogP contribution in [0.15, 0.2) is 42.7 Å². The van der Waals surface area contributed by atoms with Crippen molar-refractivity contribution in [3.05, 3.63) is 47.7 Å². The maximum absolute atomic E-state index is 9.03. The van der Waals surface area contributed by atoms with Crippen LogP contribution in [-0.2, 0) is 6.54 Å². The zero-order chi connectivity index (χ0) is 13.2. The van der Waals surface area contributed by atoms with Gasteiger partial charge >= 0.3 is 0 Å². The second-order valence-corrected chi connectivity index (χ2v) is 4.64. The summed E-state index contributed by atoms with van der Waals surface area (Å²) in [6.07, 6.45) is 3.54. The Morgan fingerprint density at radius 2 is 2.11 bits per heavy atom. The van der Waals surface area contributed by atoms with E-state index in [1.807, 2.05) is 41.1 Å². The molecule has 0 aliphatic heterocycles. The van der Waals surface area contributed by atoms with Crippen molar-refractivity contribution < 1.29 is 5.11 Å². The first kappa shape index (κ1) is 12.1. The highest BCUT2D eigenvalue weighted by atomic mass is 35.5. The summed E-state index contributed by atoms with van der Waals surface area (Å²) in [4.78, 5) is 8.87. The van der Waals surface area contributed by atoms with Crippen molar-refractivity contribution >= 4 is 22.5 Å². The van der Waals surface area contributed by atoms with Gasteiger partial charge < -0.3 is 9.67 Å². The van der Waals surface area contributed by atoms with Gasteiger partial charge in [0.1, 0.15) is 5.69 Å². The third kappa shape index (κ3) is 2.32. The number of fused-ring (bicyclic) bond motifs is 1. The fourth-order valence-electron chi connectivity index (χ4n) is 2.05. The minimum Gasteiger partial charge on any atom is -0.395 e. The molecule has 4 nitrogen and oxygen atoms in total. The quantitative estimate of drug-likeness (QED) is 0.798. The molecule has 1 aromatic carbocycles. The largest absolute Gasteiger partial charge is 0.395 e. The Hall–Kier alpha value is -1.91. The van der Waals surface area contributed by atoms with Crippen LogP contribution in [0.1, 0.15) is 0 Å². The highest BCUT2D eigenvalue weighted by Gasteiger charge is 2.08. The van der Waals surface area contributed by atoms with Gasteiger partial charge in [-0.3, -0.25) is 0 Å². The predicted molar refractivity (Wildman–Crippen MR) is 75.1 cm³/mol. The Balaban J connectivity index is 2.10. The van der Waals surface area contributed by atoms with Gasteiger partial charge in [-0.2, -0.15) is 0 Å². The average Bonchev–Trinajstić information content (AvgIpc) is 2.87. The molecule has 0 atom stereocenters. The molecular weight excluding hydrogens is 262 g/mol. The molecule has 2 aromatic heterocycles. The zero-order valence-electron chi connectivity index (χ0n) is 10.1. The molecule has 5 heteroatoms. The number of hydrogen-bond donors (Lipinski definition) is 1.